The van der Waals surface area contributed by atoms with Gasteiger partial charge in [-0.25, -0.2) is 9.67 Å². The molecular formula is C12H22N4O. The van der Waals surface area contributed by atoms with Gasteiger partial charge in [-0.2, -0.15) is 5.10 Å². The maximum atomic E-state index is 9.73. The van der Waals surface area contributed by atoms with E-state index in [0.29, 0.717) is 24.9 Å². The van der Waals surface area contributed by atoms with Gasteiger partial charge in [-0.15, -0.1) is 0 Å². The summed E-state index contributed by atoms with van der Waals surface area (Å²) in [6.45, 7) is 6.55. The molecular weight excluding hydrogens is 216 g/mol. The van der Waals surface area contributed by atoms with Gasteiger partial charge in [-0.05, 0) is 24.7 Å². The first-order valence-corrected chi connectivity index (χ1v) is 6.42. The minimum Gasteiger partial charge on any atom is -0.392 e. The maximum absolute atomic E-state index is 9.73. The highest BCUT2D eigenvalue weighted by atomic mass is 16.3. The summed E-state index contributed by atoms with van der Waals surface area (Å²) in [5.41, 5.74) is 0. The highest BCUT2D eigenvalue weighted by Gasteiger charge is 2.29. The molecule has 17 heavy (non-hydrogen) atoms. The molecule has 0 aliphatic heterocycles. The van der Waals surface area contributed by atoms with Gasteiger partial charge in [-0.3, -0.25) is 0 Å². The van der Waals surface area contributed by atoms with Gasteiger partial charge in [0.05, 0.1) is 12.6 Å². The monoisotopic (exact) mass is 238 g/mol. The van der Waals surface area contributed by atoms with Crippen molar-refractivity contribution in [1.29, 1.82) is 0 Å². The summed E-state index contributed by atoms with van der Waals surface area (Å²) >= 11 is 0. The predicted octanol–water partition coefficient (Wildman–Crippen LogP) is 0.795. The lowest BCUT2D eigenvalue weighted by Gasteiger charge is -2.12. The van der Waals surface area contributed by atoms with Crippen LogP contribution in [0, 0.1) is 11.8 Å². The van der Waals surface area contributed by atoms with Gasteiger partial charge < -0.3 is 10.4 Å². The lowest BCUT2D eigenvalue weighted by atomic mass is 10.2. The average molecular weight is 238 g/mol. The standard InChI is InChI=1S/C12H22N4O/c1-9(2)7-16-12(14-8-15-16)6-13-5-11(17)10-3-4-10/h8-11,13,17H,3-7H2,1-2H3. The molecule has 1 fully saturated rings. The van der Waals surface area contributed by atoms with Gasteiger partial charge in [0.2, 0.25) is 0 Å². The number of nitrogens with one attached hydrogen (secondary N) is 1. The molecule has 5 nitrogen and oxygen atoms in total. The van der Waals surface area contributed by atoms with Crippen molar-refractivity contribution in [2.45, 2.75) is 45.9 Å². The van der Waals surface area contributed by atoms with Gasteiger partial charge in [0.25, 0.3) is 0 Å². The third kappa shape index (κ3) is 3.78. The van der Waals surface area contributed by atoms with Crippen LogP contribution in [0.4, 0.5) is 0 Å². The Morgan fingerprint density at radius 1 is 1.53 bits per heavy atom. The molecule has 0 bridgehead atoms. The summed E-state index contributed by atoms with van der Waals surface area (Å²) in [5.74, 6) is 2.03. The Labute approximate surface area is 102 Å². The van der Waals surface area contributed by atoms with Crippen LogP contribution in [0.1, 0.15) is 32.5 Å². The SMILES string of the molecule is CC(C)Cn1ncnc1CNCC(O)C1CC1. The summed E-state index contributed by atoms with van der Waals surface area (Å²) < 4.78 is 1.93. The van der Waals surface area contributed by atoms with Crippen LogP contribution in [0.2, 0.25) is 0 Å². The van der Waals surface area contributed by atoms with Crippen molar-refractivity contribution in [1.82, 2.24) is 20.1 Å². The van der Waals surface area contributed by atoms with Crippen molar-refractivity contribution in [3.05, 3.63) is 12.2 Å². The van der Waals surface area contributed by atoms with Gasteiger partial charge in [-0.1, -0.05) is 13.8 Å². The van der Waals surface area contributed by atoms with Crippen LogP contribution in [-0.2, 0) is 13.1 Å². The number of hydrogen-bond acceptors (Lipinski definition) is 4. The van der Waals surface area contributed by atoms with Crippen LogP contribution in [0.25, 0.3) is 0 Å². The smallest absolute Gasteiger partial charge is 0.140 e. The third-order valence-electron chi connectivity index (χ3n) is 3.04. The molecule has 0 radical (unpaired) electrons. The molecule has 1 saturated carbocycles. The highest BCUT2D eigenvalue weighted by molar-refractivity contribution is 4.86. The largest absolute Gasteiger partial charge is 0.392 e. The van der Waals surface area contributed by atoms with Crippen molar-refractivity contribution in [2.75, 3.05) is 6.54 Å². The Morgan fingerprint density at radius 2 is 2.29 bits per heavy atom. The Hall–Kier alpha value is -0.940. The van der Waals surface area contributed by atoms with E-state index < -0.39 is 0 Å². The lowest BCUT2D eigenvalue weighted by molar-refractivity contribution is 0.148. The summed E-state index contributed by atoms with van der Waals surface area (Å²) in [5, 5.41) is 17.2. The van der Waals surface area contributed by atoms with Gasteiger partial charge >= 0.3 is 0 Å². The van der Waals surface area contributed by atoms with E-state index in [1.807, 2.05) is 4.68 Å². The molecule has 0 amide bonds. The van der Waals surface area contributed by atoms with Crippen LogP contribution >= 0.6 is 0 Å². The predicted molar refractivity (Wildman–Crippen MR) is 65.3 cm³/mol. The first kappa shape index (κ1) is 12.5. The van der Waals surface area contributed by atoms with Crippen molar-refractivity contribution in [2.24, 2.45) is 11.8 Å². The Kier molecular flexibility index (Phi) is 4.12. The number of nitrogens with zero attached hydrogens (tertiary/aromatic N) is 3. The summed E-state index contributed by atoms with van der Waals surface area (Å²) in [6, 6.07) is 0. The molecule has 5 heteroatoms. The van der Waals surface area contributed by atoms with E-state index in [1.54, 1.807) is 6.33 Å². The number of aliphatic hydroxyl groups is 1. The van der Waals surface area contributed by atoms with Crippen molar-refractivity contribution >= 4 is 0 Å². The summed E-state index contributed by atoms with van der Waals surface area (Å²) in [4.78, 5) is 4.23. The molecule has 1 aliphatic rings. The second kappa shape index (κ2) is 5.60. The van der Waals surface area contributed by atoms with Crippen LogP contribution < -0.4 is 5.32 Å². The second-order valence-corrected chi connectivity index (χ2v) is 5.29. The Morgan fingerprint density at radius 3 is 2.94 bits per heavy atom. The lowest BCUT2D eigenvalue weighted by Crippen LogP contribution is -2.29. The molecule has 0 aromatic carbocycles. The molecule has 1 aliphatic carbocycles. The maximum Gasteiger partial charge on any atom is 0.140 e. The molecule has 1 heterocycles. The third-order valence-corrected chi connectivity index (χ3v) is 3.04. The van der Waals surface area contributed by atoms with Crippen molar-refractivity contribution < 1.29 is 5.11 Å². The molecule has 1 unspecified atom stereocenters. The van der Waals surface area contributed by atoms with E-state index in [4.69, 9.17) is 0 Å². The van der Waals surface area contributed by atoms with Gasteiger partial charge in [0.1, 0.15) is 12.2 Å². The summed E-state index contributed by atoms with van der Waals surface area (Å²) in [7, 11) is 0. The minimum atomic E-state index is -0.198. The van der Waals surface area contributed by atoms with E-state index in [0.717, 1.165) is 12.4 Å². The van der Waals surface area contributed by atoms with E-state index in [9.17, 15) is 5.11 Å². The first-order chi connectivity index (χ1) is 8.16. The van der Waals surface area contributed by atoms with Crippen LogP contribution in [0.3, 0.4) is 0 Å². The zero-order valence-corrected chi connectivity index (χ0v) is 10.6. The highest BCUT2D eigenvalue weighted by Crippen LogP contribution is 2.32. The number of aliphatic hydroxyl groups excluding tert-OH is 1. The van der Waals surface area contributed by atoms with Crippen LogP contribution in [0.5, 0.6) is 0 Å². The fourth-order valence-corrected chi connectivity index (χ4v) is 1.90. The zero-order chi connectivity index (χ0) is 12.3. The van der Waals surface area contributed by atoms with Crippen LogP contribution in [0.15, 0.2) is 6.33 Å². The number of aromatic nitrogens is 3. The molecule has 96 valence electrons. The fourth-order valence-electron chi connectivity index (χ4n) is 1.90. The molecule has 2 N–H and O–H groups in total. The number of hydrogen-bond donors (Lipinski definition) is 2. The molecule has 1 atom stereocenters. The number of rotatable bonds is 7. The average Bonchev–Trinajstić information content (AvgIpc) is 3.03. The Balaban J connectivity index is 1.75. The summed E-state index contributed by atoms with van der Waals surface area (Å²) in [6.07, 6.45) is 3.74. The van der Waals surface area contributed by atoms with E-state index in [2.05, 4.69) is 29.2 Å². The molecule has 0 saturated heterocycles. The molecule has 2 rings (SSSR count). The quantitative estimate of drug-likeness (QED) is 0.737. The fraction of sp³-hybridized carbons (Fsp3) is 0.833. The Bertz CT molecular complexity index is 346. The zero-order valence-electron chi connectivity index (χ0n) is 10.6. The van der Waals surface area contributed by atoms with E-state index in [-0.39, 0.29) is 6.10 Å². The first-order valence-electron chi connectivity index (χ1n) is 6.42. The van der Waals surface area contributed by atoms with E-state index in [1.165, 1.54) is 12.8 Å². The molecule has 1 aromatic rings. The second-order valence-electron chi connectivity index (χ2n) is 5.29. The van der Waals surface area contributed by atoms with Gasteiger partial charge in [0, 0.05) is 13.1 Å². The van der Waals surface area contributed by atoms with E-state index >= 15 is 0 Å². The molecule has 0 spiro atoms. The van der Waals surface area contributed by atoms with Gasteiger partial charge in [0.15, 0.2) is 0 Å². The van der Waals surface area contributed by atoms with Crippen LogP contribution in [-0.4, -0.2) is 32.5 Å². The minimum absolute atomic E-state index is 0.198. The normalized spacial score (nSPS) is 17.6. The van der Waals surface area contributed by atoms with Crippen molar-refractivity contribution in [3.8, 4) is 0 Å². The topological polar surface area (TPSA) is 63.0 Å². The van der Waals surface area contributed by atoms with Crippen molar-refractivity contribution in [3.63, 3.8) is 0 Å². The molecule has 1 aromatic heterocycles.